The van der Waals surface area contributed by atoms with Crippen LogP contribution in [0.25, 0.3) is 32.6 Å². The topological polar surface area (TPSA) is 77.5 Å². The second kappa shape index (κ2) is 12.8. The number of aromatic nitrogens is 3. The van der Waals surface area contributed by atoms with Crippen molar-refractivity contribution in [3.63, 3.8) is 0 Å². The van der Waals surface area contributed by atoms with Crippen LogP contribution >= 0.6 is 11.3 Å². The summed E-state index contributed by atoms with van der Waals surface area (Å²) in [4.78, 5) is 35.5. The van der Waals surface area contributed by atoms with Gasteiger partial charge in [-0.05, 0) is 112 Å². The van der Waals surface area contributed by atoms with Crippen LogP contribution in [-0.4, -0.2) is 68.3 Å². The van der Waals surface area contributed by atoms with E-state index in [2.05, 4.69) is 77.5 Å². The first kappa shape index (κ1) is 30.2. The van der Waals surface area contributed by atoms with Crippen LogP contribution in [0, 0.1) is 13.8 Å². The maximum atomic E-state index is 12.9. The Balaban J connectivity index is 1.02. The van der Waals surface area contributed by atoms with Crippen LogP contribution in [0.2, 0.25) is 0 Å². The molecule has 0 spiro atoms. The van der Waals surface area contributed by atoms with E-state index >= 15 is 0 Å². The lowest BCUT2D eigenvalue weighted by Crippen LogP contribution is -2.36. The molecule has 6 heterocycles. The fourth-order valence-corrected chi connectivity index (χ4v) is 8.56. The summed E-state index contributed by atoms with van der Waals surface area (Å²) in [5.74, 6) is 0.990. The zero-order valence-corrected chi connectivity index (χ0v) is 28.1. The predicted octanol–water partition coefficient (Wildman–Crippen LogP) is 7.31. The molecule has 1 N–H and O–H groups in total. The number of hydrogen-bond donors (Lipinski definition) is 1. The number of carbonyl (C=O) groups excluding carboxylic acids is 1. The van der Waals surface area contributed by atoms with Crippen LogP contribution in [0.1, 0.15) is 52.9 Å². The Morgan fingerprint density at radius 3 is 2.36 bits per heavy atom. The number of fused-ring (bicyclic) bond motifs is 2. The van der Waals surface area contributed by atoms with E-state index < -0.39 is 0 Å². The summed E-state index contributed by atoms with van der Waals surface area (Å²) in [6.45, 7) is 11.5. The first-order chi connectivity index (χ1) is 23.0. The Kier molecular flexibility index (Phi) is 8.21. The average Bonchev–Trinajstić information content (AvgIpc) is 3.89. The molecule has 2 aromatic carbocycles. The van der Waals surface area contributed by atoms with Crippen molar-refractivity contribution in [1.29, 1.82) is 0 Å². The van der Waals surface area contributed by atoms with Crippen LogP contribution in [-0.2, 0) is 24.4 Å². The van der Waals surface area contributed by atoms with Gasteiger partial charge in [0.15, 0.2) is 5.82 Å². The van der Waals surface area contributed by atoms with Crippen LogP contribution in [0.3, 0.4) is 0 Å². The normalized spacial score (nSPS) is 16.8. The lowest BCUT2D eigenvalue weighted by molar-refractivity contribution is -0.132. The SMILES string of the molecule is Cc1c(Nc2nccc3cc(CN4CCCC4)cnc23)cccc1-c1cccc(-c2nc3c(s2)CN(C(=O)CN2CCCC2)C3)c1C. The minimum absolute atomic E-state index is 0.220. The van der Waals surface area contributed by atoms with Gasteiger partial charge in [0.2, 0.25) is 5.91 Å². The summed E-state index contributed by atoms with van der Waals surface area (Å²) in [5.41, 5.74) is 10.1. The zero-order chi connectivity index (χ0) is 31.9. The van der Waals surface area contributed by atoms with Crippen molar-refractivity contribution in [1.82, 2.24) is 29.7 Å². The molecule has 8 nitrogen and oxygen atoms in total. The van der Waals surface area contributed by atoms with Gasteiger partial charge in [0.25, 0.3) is 0 Å². The number of nitrogens with one attached hydrogen (secondary N) is 1. The molecular formula is C38H41N7OS. The average molecular weight is 644 g/mol. The number of anilines is 2. The summed E-state index contributed by atoms with van der Waals surface area (Å²) in [6, 6.07) is 17.2. The molecule has 5 aromatic rings. The van der Waals surface area contributed by atoms with Gasteiger partial charge >= 0.3 is 0 Å². The quantitative estimate of drug-likeness (QED) is 0.190. The summed E-state index contributed by atoms with van der Waals surface area (Å²) < 4.78 is 0. The van der Waals surface area contributed by atoms with Crippen LogP contribution in [0.15, 0.2) is 60.9 Å². The molecule has 1 amide bonds. The Morgan fingerprint density at radius 2 is 1.57 bits per heavy atom. The number of pyridine rings is 2. The first-order valence-corrected chi connectivity index (χ1v) is 17.7. The third-order valence-corrected chi connectivity index (χ3v) is 11.2. The standard InChI is InChI=1S/C38H41N7OS/c1-25-29(9-7-11-31(25)38-42-33-22-45(23-34(33)47-38)35(46)24-44-17-5-6-18-44)30-10-8-12-32(26(30)2)41-37-36-28(13-14-39-37)19-27(20-40-36)21-43-15-3-4-16-43/h7-14,19-20H,3-6,15-18,21-24H2,1-2H3,(H,39,41). The molecule has 9 heteroatoms. The summed E-state index contributed by atoms with van der Waals surface area (Å²) in [6.07, 6.45) is 8.84. The molecule has 3 aliphatic heterocycles. The molecule has 0 saturated carbocycles. The number of nitrogens with zero attached hydrogens (tertiary/aromatic N) is 6. The maximum absolute atomic E-state index is 12.9. The van der Waals surface area contributed by atoms with Crippen LogP contribution in [0.5, 0.6) is 0 Å². The van der Waals surface area contributed by atoms with Crippen molar-refractivity contribution in [2.24, 2.45) is 0 Å². The van der Waals surface area contributed by atoms with Gasteiger partial charge in [-0.2, -0.15) is 0 Å². The van der Waals surface area contributed by atoms with E-state index in [4.69, 9.17) is 15.0 Å². The minimum atomic E-state index is 0.220. The Hall–Kier alpha value is -4.18. The molecule has 2 fully saturated rings. The molecule has 240 valence electrons. The third-order valence-electron chi connectivity index (χ3n) is 10.1. The molecular weight excluding hydrogens is 603 g/mol. The number of rotatable bonds is 8. The molecule has 0 atom stereocenters. The molecule has 0 aliphatic carbocycles. The summed E-state index contributed by atoms with van der Waals surface area (Å²) in [7, 11) is 0. The van der Waals surface area contributed by atoms with E-state index in [1.165, 1.54) is 65.9 Å². The highest BCUT2D eigenvalue weighted by atomic mass is 32.1. The van der Waals surface area contributed by atoms with Gasteiger partial charge in [-0.15, -0.1) is 11.3 Å². The van der Waals surface area contributed by atoms with E-state index in [1.54, 1.807) is 11.3 Å². The molecule has 0 bridgehead atoms. The minimum Gasteiger partial charge on any atom is -0.338 e. The summed E-state index contributed by atoms with van der Waals surface area (Å²) in [5, 5.41) is 5.75. The number of benzene rings is 2. The van der Waals surface area contributed by atoms with Gasteiger partial charge in [-0.25, -0.2) is 9.97 Å². The monoisotopic (exact) mass is 643 g/mol. The van der Waals surface area contributed by atoms with Crippen molar-refractivity contribution in [3.05, 3.63) is 88.2 Å². The van der Waals surface area contributed by atoms with Crippen molar-refractivity contribution in [2.45, 2.75) is 59.2 Å². The Bertz CT molecular complexity index is 1930. The van der Waals surface area contributed by atoms with Gasteiger partial charge in [-0.1, -0.05) is 30.3 Å². The van der Waals surface area contributed by atoms with Gasteiger partial charge in [0.1, 0.15) is 10.5 Å². The third kappa shape index (κ3) is 6.04. The van der Waals surface area contributed by atoms with E-state index in [9.17, 15) is 4.79 Å². The van der Waals surface area contributed by atoms with Crippen molar-refractivity contribution in [2.75, 3.05) is 38.0 Å². The van der Waals surface area contributed by atoms with E-state index in [0.717, 1.165) is 63.9 Å². The molecule has 3 aromatic heterocycles. The van der Waals surface area contributed by atoms with E-state index in [0.29, 0.717) is 19.6 Å². The molecule has 2 saturated heterocycles. The smallest absolute Gasteiger partial charge is 0.237 e. The maximum Gasteiger partial charge on any atom is 0.237 e. The number of hydrogen-bond acceptors (Lipinski definition) is 8. The van der Waals surface area contributed by atoms with Gasteiger partial charge in [-0.3, -0.25) is 19.6 Å². The second-order valence-electron chi connectivity index (χ2n) is 13.3. The highest BCUT2D eigenvalue weighted by molar-refractivity contribution is 7.15. The van der Waals surface area contributed by atoms with Gasteiger partial charge in [0.05, 0.1) is 25.3 Å². The first-order valence-electron chi connectivity index (χ1n) is 16.9. The van der Waals surface area contributed by atoms with Gasteiger partial charge in [0, 0.05) is 40.5 Å². The molecule has 3 aliphatic rings. The fourth-order valence-electron chi connectivity index (χ4n) is 7.40. The van der Waals surface area contributed by atoms with Crippen LogP contribution in [0.4, 0.5) is 11.5 Å². The molecule has 8 rings (SSSR count). The number of carbonyl (C=O) groups is 1. The van der Waals surface area contributed by atoms with E-state index in [1.807, 2.05) is 17.3 Å². The number of thiazole rings is 1. The Morgan fingerprint density at radius 1 is 0.851 bits per heavy atom. The zero-order valence-electron chi connectivity index (χ0n) is 27.3. The fraction of sp³-hybridized carbons (Fsp3) is 0.368. The van der Waals surface area contributed by atoms with E-state index in [-0.39, 0.29) is 5.91 Å². The lowest BCUT2D eigenvalue weighted by Gasteiger charge is -2.20. The largest absolute Gasteiger partial charge is 0.338 e. The second-order valence-corrected chi connectivity index (χ2v) is 14.3. The van der Waals surface area contributed by atoms with Crippen molar-refractivity contribution >= 4 is 39.7 Å². The molecule has 0 unspecified atom stereocenters. The number of likely N-dealkylation sites (tertiary alicyclic amines) is 2. The van der Waals surface area contributed by atoms with Gasteiger partial charge < -0.3 is 10.2 Å². The van der Waals surface area contributed by atoms with Crippen LogP contribution < -0.4 is 5.32 Å². The van der Waals surface area contributed by atoms with Crippen molar-refractivity contribution < 1.29 is 4.79 Å². The molecule has 47 heavy (non-hydrogen) atoms. The lowest BCUT2D eigenvalue weighted by atomic mass is 9.93. The molecule has 0 radical (unpaired) electrons. The Labute approximate surface area is 280 Å². The predicted molar refractivity (Wildman–Crippen MR) is 190 cm³/mol. The van der Waals surface area contributed by atoms with Crippen molar-refractivity contribution in [3.8, 4) is 21.7 Å². The highest BCUT2D eigenvalue weighted by Crippen LogP contribution is 2.40. The summed E-state index contributed by atoms with van der Waals surface area (Å²) >= 11 is 1.73. The number of amides is 1. The highest BCUT2D eigenvalue weighted by Gasteiger charge is 2.29.